The Labute approximate surface area is 93.4 Å². The molecule has 1 aliphatic heterocycles. The lowest BCUT2D eigenvalue weighted by atomic mass is 10.3. The molecule has 0 saturated heterocycles. The highest BCUT2D eigenvalue weighted by Crippen LogP contribution is 2.47. The topological polar surface area (TPSA) is 21.3 Å². The van der Waals surface area contributed by atoms with Crippen molar-refractivity contribution >= 4 is 49.6 Å². The lowest BCUT2D eigenvalue weighted by Crippen LogP contribution is -1.94. The average molecular weight is 333 g/mol. The minimum absolute atomic E-state index is 0.0354. The van der Waals surface area contributed by atoms with Crippen molar-refractivity contribution in [3.05, 3.63) is 20.6 Å². The Morgan fingerprint density at radius 3 is 2.46 bits per heavy atom. The number of hydrogen-bond donors (Lipinski definition) is 1. The zero-order valence-electron chi connectivity index (χ0n) is 5.83. The van der Waals surface area contributed by atoms with Crippen molar-refractivity contribution < 1.29 is 13.1 Å². The molecule has 1 N–H and O–H groups in total. The maximum Gasteiger partial charge on any atom is 0.176 e. The van der Waals surface area contributed by atoms with Crippen LogP contribution in [0.3, 0.4) is 0 Å². The molecule has 2 nitrogen and oxygen atoms in total. The predicted octanol–water partition coefficient (Wildman–Crippen LogP) is 3.85. The van der Waals surface area contributed by atoms with Gasteiger partial charge in [-0.3, -0.25) is 5.48 Å². The SMILES string of the molecule is Fc1c(F)c(Br)c2c(c1Br)NOS2. The fourth-order valence-electron chi connectivity index (χ4n) is 0.885. The van der Waals surface area contributed by atoms with Crippen LogP contribution in [0, 0.1) is 11.6 Å². The third kappa shape index (κ3) is 1.38. The van der Waals surface area contributed by atoms with Gasteiger partial charge in [0.05, 0.1) is 31.6 Å². The first kappa shape index (κ1) is 9.70. The second-order valence-electron chi connectivity index (χ2n) is 2.23. The van der Waals surface area contributed by atoms with E-state index in [1.807, 2.05) is 0 Å². The Morgan fingerprint density at radius 1 is 1.15 bits per heavy atom. The van der Waals surface area contributed by atoms with Crippen molar-refractivity contribution in [2.24, 2.45) is 0 Å². The van der Waals surface area contributed by atoms with E-state index in [-0.39, 0.29) is 8.95 Å². The molecule has 1 aromatic carbocycles. The Bertz CT molecular complexity index is 353. The van der Waals surface area contributed by atoms with Crippen molar-refractivity contribution in [2.75, 3.05) is 5.48 Å². The van der Waals surface area contributed by atoms with Gasteiger partial charge in [0.1, 0.15) is 0 Å². The molecule has 0 atom stereocenters. The van der Waals surface area contributed by atoms with Crippen molar-refractivity contribution in [3.8, 4) is 0 Å². The fraction of sp³-hybridized carbons (Fsp3) is 0. The van der Waals surface area contributed by atoms with Gasteiger partial charge in [0, 0.05) is 0 Å². The van der Waals surface area contributed by atoms with Gasteiger partial charge in [-0.1, -0.05) is 0 Å². The highest BCUT2D eigenvalue weighted by Gasteiger charge is 2.26. The van der Waals surface area contributed by atoms with E-state index in [1.54, 1.807) is 0 Å². The largest absolute Gasteiger partial charge is 0.251 e. The lowest BCUT2D eigenvalue weighted by Gasteiger charge is -2.04. The number of halogens is 4. The number of nitrogens with one attached hydrogen (secondary N) is 1. The van der Waals surface area contributed by atoms with Crippen LogP contribution in [0.25, 0.3) is 0 Å². The summed E-state index contributed by atoms with van der Waals surface area (Å²) in [6.07, 6.45) is 0. The lowest BCUT2D eigenvalue weighted by molar-refractivity contribution is 0.484. The summed E-state index contributed by atoms with van der Waals surface area (Å²) in [7, 11) is 0. The van der Waals surface area contributed by atoms with Crippen molar-refractivity contribution in [3.63, 3.8) is 0 Å². The minimum Gasteiger partial charge on any atom is -0.251 e. The van der Waals surface area contributed by atoms with Gasteiger partial charge in [0.25, 0.3) is 0 Å². The summed E-state index contributed by atoms with van der Waals surface area (Å²) in [5.74, 6) is -1.87. The van der Waals surface area contributed by atoms with Gasteiger partial charge in [-0.2, -0.15) is 4.28 Å². The first-order valence-corrected chi connectivity index (χ1v) is 5.41. The Kier molecular flexibility index (Phi) is 2.52. The van der Waals surface area contributed by atoms with E-state index < -0.39 is 11.6 Å². The molecule has 0 saturated carbocycles. The van der Waals surface area contributed by atoms with E-state index in [2.05, 4.69) is 37.3 Å². The van der Waals surface area contributed by atoms with Crippen LogP contribution < -0.4 is 5.48 Å². The third-order valence-corrected chi connectivity index (χ3v) is 3.99. The average Bonchev–Trinajstić information content (AvgIpc) is 2.59. The quantitative estimate of drug-likeness (QED) is 0.443. The van der Waals surface area contributed by atoms with Crippen LogP contribution in [-0.2, 0) is 4.28 Å². The summed E-state index contributed by atoms with van der Waals surface area (Å²) in [5.41, 5.74) is 2.86. The summed E-state index contributed by atoms with van der Waals surface area (Å²) in [5, 5.41) is 0. The van der Waals surface area contributed by atoms with Crippen LogP contribution in [0.5, 0.6) is 0 Å². The molecular formula is C6HBr2F2NOS. The maximum atomic E-state index is 13.1. The van der Waals surface area contributed by atoms with Crippen LogP contribution in [0.15, 0.2) is 13.8 Å². The predicted molar refractivity (Wildman–Crippen MR) is 52.3 cm³/mol. The molecule has 0 amide bonds. The fourth-order valence-corrected chi connectivity index (χ4v) is 2.64. The molecule has 0 aromatic heterocycles. The van der Waals surface area contributed by atoms with E-state index in [0.717, 1.165) is 12.0 Å². The van der Waals surface area contributed by atoms with Crippen LogP contribution in [0.1, 0.15) is 0 Å². The first-order chi connectivity index (χ1) is 6.13. The van der Waals surface area contributed by atoms with Crippen LogP contribution in [0.4, 0.5) is 14.5 Å². The van der Waals surface area contributed by atoms with Crippen LogP contribution >= 0.6 is 43.9 Å². The van der Waals surface area contributed by atoms with Gasteiger partial charge >= 0.3 is 0 Å². The zero-order valence-corrected chi connectivity index (χ0v) is 9.82. The van der Waals surface area contributed by atoms with Crippen molar-refractivity contribution in [1.82, 2.24) is 0 Å². The maximum absolute atomic E-state index is 13.1. The van der Waals surface area contributed by atoms with Gasteiger partial charge in [0.15, 0.2) is 11.6 Å². The summed E-state index contributed by atoms with van der Waals surface area (Å²) < 4.78 is 31.1. The van der Waals surface area contributed by atoms with Gasteiger partial charge in [-0.05, 0) is 31.9 Å². The molecule has 0 spiro atoms. The Hall–Kier alpha value is 0.150. The third-order valence-electron chi connectivity index (χ3n) is 1.49. The second-order valence-corrected chi connectivity index (χ2v) is 4.56. The normalized spacial score (nSPS) is 14.2. The van der Waals surface area contributed by atoms with Gasteiger partial charge < -0.3 is 0 Å². The Balaban J connectivity index is 2.77. The highest BCUT2D eigenvalue weighted by molar-refractivity contribution is 9.11. The van der Waals surface area contributed by atoms with Gasteiger partial charge in [-0.25, -0.2) is 8.78 Å². The minimum atomic E-state index is -0.941. The van der Waals surface area contributed by atoms with E-state index in [1.165, 1.54) is 0 Å². The summed E-state index contributed by atoms with van der Waals surface area (Å²) in [4.78, 5) is 0.491. The van der Waals surface area contributed by atoms with E-state index in [0.29, 0.717) is 10.6 Å². The molecule has 0 unspecified atom stereocenters. The van der Waals surface area contributed by atoms with Gasteiger partial charge in [0.2, 0.25) is 0 Å². The zero-order chi connectivity index (χ0) is 9.59. The summed E-state index contributed by atoms with van der Waals surface area (Å²) in [6, 6.07) is 0. The number of fused-ring (bicyclic) bond motifs is 1. The Morgan fingerprint density at radius 2 is 1.77 bits per heavy atom. The van der Waals surface area contributed by atoms with Crippen molar-refractivity contribution in [2.45, 2.75) is 4.90 Å². The molecule has 0 bridgehead atoms. The number of hydrogen-bond acceptors (Lipinski definition) is 3. The number of benzene rings is 1. The van der Waals surface area contributed by atoms with E-state index in [9.17, 15) is 8.78 Å². The molecule has 0 fully saturated rings. The molecule has 70 valence electrons. The van der Waals surface area contributed by atoms with E-state index >= 15 is 0 Å². The van der Waals surface area contributed by atoms with Crippen molar-refractivity contribution in [1.29, 1.82) is 0 Å². The summed E-state index contributed by atoms with van der Waals surface area (Å²) in [6.45, 7) is 0. The van der Waals surface area contributed by atoms with Gasteiger partial charge in [-0.15, -0.1) is 0 Å². The molecule has 7 heteroatoms. The van der Waals surface area contributed by atoms with E-state index in [4.69, 9.17) is 4.28 Å². The molecular weight excluding hydrogens is 332 g/mol. The smallest absolute Gasteiger partial charge is 0.176 e. The summed E-state index contributed by atoms with van der Waals surface area (Å²) >= 11 is 6.80. The highest BCUT2D eigenvalue weighted by atomic mass is 79.9. The molecule has 1 heterocycles. The molecule has 1 aliphatic rings. The first-order valence-electron chi connectivity index (χ1n) is 3.08. The number of anilines is 1. The monoisotopic (exact) mass is 331 g/mol. The molecule has 13 heavy (non-hydrogen) atoms. The molecule has 2 rings (SSSR count). The van der Waals surface area contributed by atoms with Crippen LogP contribution in [0.2, 0.25) is 0 Å². The van der Waals surface area contributed by atoms with Crippen LogP contribution in [-0.4, -0.2) is 0 Å². The molecule has 0 aliphatic carbocycles. The number of rotatable bonds is 0. The molecule has 0 radical (unpaired) electrons. The molecule has 1 aromatic rings. The second kappa shape index (κ2) is 3.38. The standard InChI is InChI=1S/C6HBr2F2NOS/c7-1-3(9)4(10)2(8)6-5(1)11-12-13-6/h11H.